The highest BCUT2D eigenvalue weighted by molar-refractivity contribution is 14.1. The van der Waals surface area contributed by atoms with Crippen LogP contribution in [0.1, 0.15) is 30.9 Å². The third-order valence-electron chi connectivity index (χ3n) is 3.28. The molecule has 0 radical (unpaired) electrons. The summed E-state index contributed by atoms with van der Waals surface area (Å²) < 4.78 is 6.86. The van der Waals surface area contributed by atoms with Crippen molar-refractivity contribution in [3.8, 4) is 5.75 Å². The molecular formula is C18H20INO2. The Morgan fingerprint density at radius 1 is 1.18 bits per heavy atom. The summed E-state index contributed by atoms with van der Waals surface area (Å²) in [6.45, 7) is 6.25. The third kappa shape index (κ3) is 4.73. The van der Waals surface area contributed by atoms with Gasteiger partial charge in [0.15, 0.2) is 6.61 Å². The van der Waals surface area contributed by atoms with Crippen molar-refractivity contribution in [2.45, 2.75) is 26.7 Å². The lowest BCUT2D eigenvalue weighted by atomic mass is 10.0. The molecule has 22 heavy (non-hydrogen) atoms. The molecule has 2 aromatic carbocycles. The fraction of sp³-hybridized carbons (Fsp3) is 0.278. The first-order chi connectivity index (χ1) is 10.5. The Morgan fingerprint density at radius 2 is 1.86 bits per heavy atom. The molecule has 0 saturated heterocycles. The Hall–Kier alpha value is -1.56. The van der Waals surface area contributed by atoms with Crippen LogP contribution in [0.2, 0.25) is 0 Å². The van der Waals surface area contributed by atoms with Gasteiger partial charge in [-0.1, -0.05) is 26.0 Å². The van der Waals surface area contributed by atoms with Crippen LogP contribution in [-0.4, -0.2) is 12.5 Å². The van der Waals surface area contributed by atoms with Crippen LogP contribution >= 0.6 is 22.6 Å². The second-order valence-electron chi connectivity index (χ2n) is 5.54. The predicted molar refractivity (Wildman–Crippen MR) is 98.6 cm³/mol. The van der Waals surface area contributed by atoms with Gasteiger partial charge in [0, 0.05) is 9.26 Å². The molecule has 0 aliphatic heterocycles. The largest absolute Gasteiger partial charge is 0.483 e. The van der Waals surface area contributed by atoms with Crippen LogP contribution in [0.25, 0.3) is 0 Å². The maximum absolute atomic E-state index is 12.0. The van der Waals surface area contributed by atoms with Gasteiger partial charge in [-0.3, -0.25) is 4.79 Å². The molecule has 116 valence electrons. The minimum Gasteiger partial charge on any atom is -0.483 e. The zero-order valence-corrected chi connectivity index (χ0v) is 15.2. The molecule has 0 aromatic heterocycles. The molecule has 4 heteroatoms. The van der Waals surface area contributed by atoms with E-state index in [-0.39, 0.29) is 12.5 Å². The van der Waals surface area contributed by atoms with Crippen LogP contribution in [0, 0.1) is 10.5 Å². The Morgan fingerprint density at radius 3 is 2.50 bits per heavy atom. The van der Waals surface area contributed by atoms with Gasteiger partial charge in [0.05, 0.1) is 0 Å². The van der Waals surface area contributed by atoms with Gasteiger partial charge in [-0.05, 0) is 76.9 Å². The molecule has 2 rings (SSSR count). The lowest BCUT2D eigenvalue weighted by molar-refractivity contribution is -0.118. The maximum Gasteiger partial charge on any atom is 0.262 e. The molecule has 0 bridgehead atoms. The summed E-state index contributed by atoms with van der Waals surface area (Å²) in [4.78, 5) is 12.0. The van der Waals surface area contributed by atoms with Crippen molar-refractivity contribution in [2.24, 2.45) is 0 Å². The number of halogens is 1. The molecule has 2 aromatic rings. The number of carbonyl (C=O) groups is 1. The summed E-state index contributed by atoms with van der Waals surface area (Å²) in [7, 11) is 0. The number of nitrogens with one attached hydrogen (secondary N) is 1. The second kappa shape index (κ2) is 7.63. The van der Waals surface area contributed by atoms with Crippen LogP contribution < -0.4 is 10.1 Å². The van der Waals surface area contributed by atoms with E-state index in [1.807, 2.05) is 37.3 Å². The summed E-state index contributed by atoms with van der Waals surface area (Å²) in [6, 6.07) is 13.8. The SMILES string of the molecule is Cc1ccc(C(C)C)c(OCC(=O)Nc2ccc(I)cc2)c1. The van der Waals surface area contributed by atoms with E-state index in [4.69, 9.17) is 4.74 Å². The number of anilines is 1. The molecule has 0 fully saturated rings. The number of aryl methyl sites for hydroxylation is 1. The van der Waals surface area contributed by atoms with E-state index in [0.29, 0.717) is 5.92 Å². The van der Waals surface area contributed by atoms with Crippen molar-refractivity contribution in [3.63, 3.8) is 0 Å². The van der Waals surface area contributed by atoms with Crippen molar-refractivity contribution in [2.75, 3.05) is 11.9 Å². The summed E-state index contributed by atoms with van der Waals surface area (Å²) in [6.07, 6.45) is 0. The van der Waals surface area contributed by atoms with E-state index in [1.54, 1.807) is 0 Å². The zero-order valence-electron chi connectivity index (χ0n) is 13.0. The number of carbonyl (C=O) groups excluding carboxylic acids is 1. The first-order valence-electron chi connectivity index (χ1n) is 7.24. The summed E-state index contributed by atoms with van der Waals surface area (Å²) in [5, 5.41) is 2.84. The number of hydrogen-bond acceptors (Lipinski definition) is 2. The van der Waals surface area contributed by atoms with Crippen molar-refractivity contribution >= 4 is 34.2 Å². The van der Waals surface area contributed by atoms with E-state index >= 15 is 0 Å². The normalized spacial score (nSPS) is 10.6. The number of ether oxygens (including phenoxy) is 1. The predicted octanol–water partition coefficient (Wildman–Crippen LogP) is 4.74. The van der Waals surface area contributed by atoms with Crippen LogP contribution in [-0.2, 0) is 4.79 Å². The molecule has 0 aliphatic carbocycles. The first kappa shape index (κ1) is 16.8. The minimum atomic E-state index is -0.155. The van der Waals surface area contributed by atoms with Crippen molar-refractivity contribution < 1.29 is 9.53 Å². The van der Waals surface area contributed by atoms with E-state index in [2.05, 4.69) is 53.9 Å². The molecular weight excluding hydrogens is 389 g/mol. The highest BCUT2D eigenvalue weighted by Gasteiger charge is 2.10. The Bertz CT molecular complexity index is 651. The maximum atomic E-state index is 12.0. The first-order valence-corrected chi connectivity index (χ1v) is 8.32. The second-order valence-corrected chi connectivity index (χ2v) is 6.79. The van der Waals surface area contributed by atoms with Gasteiger partial charge in [0.25, 0.3) is 5.91 Å². The van der Waals surface area contributed by atoms with Gasteiger partial charge in [-0.25, -0.2) is 0 Å². The van der Waals surface area contributed by atoms with Crippen molar-refractivity contribution in [1.82, 2.24) is 0 Å². The Balaban J connectivity index is 1.99. The monoisotopic (exact) mass is 409 g/mol. The number of benzene rings is 2. The van der Waals surface area contributed by atoms with Crippen molar-refractivity contribution in [1.29, 1.82) is 0 Å². The van der Waals surface area contributed by atoms with Crippen molar-refractivity contribution in [3.05, 3.63) is 57.2 Å². The van der Waals surface area contributed by atoms with Gasteiger partial charge >= 0.3 is 0 Å². The molecule has 1 amide bonds. The van der Waals surface area contributed by atoms with Gasteiger partial charge in [0.1, 0.15) is 5.75 Å². The van der Waals surface area contributed by atoms with Crippen LogP contribution in [0.3, 0.4) is 0 Å². The molecule has 0 unspecified atom stereocenters. The van der Waals surface area contributed by atoms with E-state index in [1.165, 1.54) is 0 Å². The van der Waals surface area contributed by atoms with Gasteiger partial charge in [-0.15, -0.1) is 0 Å². The topological polar surface area (TPSA) is 38.3 Å². The molecule has 3 nitrogen and oxygen atoms in total. The third-order valence-corrected chi connectivity index (χ3v) is 4.00. The quantitative estimate of drug-likeness (QED) is 0.725. The van der Waals surface area contributed by atoms with Crippen LogP contribution in [0.5, 0.6) is 5.75 Å². The Kier molecular flexibility index (Phi) is 5.83. The average Bonchev–Trinajstić information content (AvgIpc) is 2.47. The zero-order chi connectivity index (χ0) is 16.1. The van der Waals surface area contributed by atoms with Gasteiger partial charge in [0.2, 0.25) is 0 Å². The summed E-state index contributed by atoms with van der Waals surface area (Å²) in [5.41, 5.74) is 3.02. The van der Waals surface area contributed by atoms with E-state index in [0.717, 1.165) is 26.1 Å². The lowest BCUT2D eigenvalue weighted by Crippen LogP contribution is -2.20. The summed E-state index contributed by atoms with van der Waals surface area (Å²) in [5.74, 6) is 0.986. The molecule has 0 spiro atoms. The molecule has 0 aliphatic rings. The lowest BCUT2D eigenvalue weighted by Gasteiger charge is -2.14. The smallest absolute Gasteiger partial charge is 0.262 e. The molecule has 0 heterocycles. The molecule has 0 saturated carbocycles. The Labute approximate surface area is 145 Å². The van der Waals surface area contributed by atoms with Crippen LogP contribution in [0.15, 0.2) is 42.5 Å². The van der Waals surface area contributed by atoms with E-state index in [9.17, 15) is 4.79 Å². The van der Waals surface area contributed by atoms with E-state index < -0.39 is 0 Å². The number of amides is 1. The fourth-order valence-electron chi connectivity index (χ4n) is 2.12. The average molecular weight is 409 g/mol. The fourth-order valence-corrected chi connectivity index (χ4v) is 2.48. The highest BCUT2D eigenvalue weighted by atomic mass is 127. The standard InChI is InChI=1S/C18H20INO2/c1-12(2)16-9-4-13(3)10-17(16)22-11-18(21)20-15-7-5-14(19)6-8-15/h4-10,12H,11H2,1-3H3,(H,20,21). The number of hydrogen-bond donors (Lipinski definition) is 1. The van der Waals surface area contributed by atoms with Crippen LogP contribution in [0.4, 0.5) is 5.69 Å². The molecule has 0 atom stereocenters. The minimum absolute atomic E-state index is 0.00909. The van der Waals surface area contributed by atoms with Gasteiger partial charge in [-0.2, -0.15) is 0 Å². The molecule has 1 N–H and O–H groups in total. The highest BCUT2D eigenvalue weighted by Crippen LogP contribution is 2.27. The number of rotatable bonds is 5. The summed E-state index contributed by atoms with van der Waals surface area (Å²) >= 11 is 2.23. The van der Waals surface area contributed by atoms with Gasteiger partial charge < -0.3 is 10.1 Å².